The molecule has 2 aliphatic heterocycles. The van der Waals surface area contributed by atoms with Crippen molar-refractivity contribution >= 4 is 6.03 Å². The van der Waals surface area contributed by atoms with Crippen LogP contribution in [0.2, 0.25) is 0 Å². The van der Waals surface area contributed by atoms with Crippen molar-refractivity contribution in [2.45, 2.75) is 25.4 Å². The molecule has 1 N–H and O–H groups in total. The van der Waals surface area contributed by atoms with Gasteiger partial charge in [0.25, 0.3) is 0 Å². The summed E-state index contributed by atoms with van der Waals surface area (Å²) >= 11 is 0. The van der Waals surface area contributed by atoms with Crippen molar-refractivity contribution in [3.8, 4) is 11.5 Å². The van der Waals surface area contributed by atoms with Crippen LogP contribution in [0.3, 0.4) is 0 Å². The Bertz CT molecular complexity index is 714. The maximum atomic E-state index is 12.5. The number of ether oxygens (including phenoxy) is 2. The van der Waals surface area contributed by atoms with Gasteiger partial charge in [0.05, 0.1) is 18.6 Å². The van der Waals surface area contributed by atoms with Crippen LogP contribution in [0, 0.1) is 0 Å². The number of furan rings is 1. The second kappa shape index (κ2) is 6.47. The van der Waals surface area contributed by atoms with Crippen molar-refractivity contribution in [1.82, 2.24) is 10.2 Å². The quantitative estimate of drug-likeness (QED) is 0.940. The fourth-order valence-electron chi connectivity index (χ4n) is 3.30. The molecule has 1 saturated heterocycles. The molecule has 0 radical (unpaired) electrons. The van der Waals surface area contributed by atoms with E-state index in [0.717, 1.165) is 42.0 Å². The van der Waals surface area contributed by atoms with E-state index in [1.165, 1.54) is 0 Å². The summed E-state index contributed by atoms with van der Waals surface area (Å²) in [5.74, 6) is 1.54. The molecule has 4 rings (SSSR count). The Morgan fingerprint density at radius 3 is 2.92 bits per heavy atom. The number of fused-ring (bicyclic) bond motifs is 1. The molecule has 1 fully saturated rings. The largest absolute Gasteiger partial charge is 0.486 e. The molecular weight excluding hydrogens is 308 g/mol. The van der Waals surface area contributed by atoms with Gasteiger partial charge in [-0.05, 0) is 36.6 Å². The Kier molecular flexibility index (Phi) is 4.02. The van der Waals surface area contributed by atoms with Crippen LogP contribution in [-0.2, 0) is 6.54 Å². The van der Waals surface area contributed by atoms with Crippen molar-refractivity contribution in [1.29, 1.82) is 0 Å². The first-order valence-electron chi connectivity index (χ1n) is 8.26. The lowest BCUT2D eigenvalue weighted by Crippen LogP contribution is -2.39. The number of carbonyl (C=O) groups is 1. The molecule has 1 atom stereocenters. The summed E-state index contributed by atoms with van der Waals surface area (Å²) in [4.78, 5) is 14.4. The number of amides is 2. The first kappa shape index (κ1) is 14.9. The summed E-state index contributed by atoms with van der Waals surface area (Å²) in [7, 11) is 0. The third-order valence-electron chi connectivity index (χ3n) is 4.49. The molecule has 6 nitrogen and oxygen atoms in total. The highest BCUT2D eigenvalue weighted by Gasteiger charge is 2.30. The summed E-state index contributed by atoms with van der Waals surface area (Å²) in [5.41, 5.74) is 2.05. The van der Waals surface area contributed by atoms with E-state index in [1.54, 1.807) is 12.5 Å². The van der Waals surface area contributed by atoms with Crippen LogP contribution in [0.5, 0.6) is 11.5 Å². The lowest BCUT2D eigenvalue weighted by atomic mass is 10.0. The van der Waals surface area contributed by atoms with Gasteiger partial charge < -0.3 is 24.1 Å². The minimum atomic E-state index is -0.0476. The SMILES string of the molecule is O=C(NCc1ccoc1)N1CCC[C@H]1c1ccc2c(c1)OCCO2. The van der Waals surface area contributed by atoms with Gasteiger partial charge in [-0.2, -0.15) is 0 Å². The van der Waals surface area contributed by atoms with E-state index in [9.17, 15) is 4.79 Å². The van der Waals surface area contributed by atoms with Crippen LogP contribution in [0.15, 0.2) is 41.2 Å². The van der Waals surface area contributed by atoms with Crippen LogP contribution >= 0.6 is 0 Å². The average molecular weight is 328 g/mol. The van der Waals surface area contributed by atoms with Gasteiger partial charge >= 0.3 is 6.03 Å². The molecule has 0 spiro atoms. The fraction of sp³-hybridized carbons (Fsp3) is 0.389. The highest BCUT2D eigenvalue weighted by molar-refractivity contribution is 5.75. The Hall–Kier alpha value is -2.63. The van der Waals surface area contributed by atoms with E-state index in [1.807, 2.05) is 29.2 Å². The summed E-state index contributed by atoms with van der Waals surface area (Å²) in [6, 6.07) is 7.84. The van der Waals surface area contributed by atoms with Gasteiger partial charge in [0, 0.05) is 18.7 Å². The van der Waals surface area contributed by atoms with Crippen molar-refractivity contribution in [2.24, 2.45) is 0 Å². The van der Waals surface area contributed by atoms with Gasteiger partial charge in [-0.1, -0.05) is 6.07 Å². The lowest BCUT2D eigenvalue weighted by Gasteiger charge is -2.26. The molecule has 2 aromatic rings. The molecule has 0 saturated carbocycles. The van der Waals surface area contributed by atoms with Gasteiger partial charge in [-0.3, -0.25) is 0 Å². The summed E-state index contributed by atoms with van der Waals surface area (Å²) in [6.07, 6.45) is 5.20. The predicted octanol–water partition coefficient (Wildman–Crippen LogP) is 3.10. The number of nitrogens with one attached hydrogen (secondary N) is 1. The maximum Gasteiger partial charge on any atom is 0.318 e. The summed E-state index contributed by atoms with van der Waals surface area (Å²) in [5, 5.41) is 2.96. The van der Waals surface area contributed by atoms with Crippen molar-refractivity contribution < 1.29 is 18.7 Å². The summed E-state index contributed by atoms with van der Waals surface area (Å²) < 4.78 is 16.3. The molecule has 2 amide bonds. The van der Waals surface area contributed by atoms with E-state index in [4.69, 9.17) is 13.9 Å². The number of nitrogens with zero attached hydrogens (tertiary/aromatic N) is 1. The highest BCUT2D eigenvalue weighted by Crippen LogP contribution is 2.38. The predicted molar refractivity (Wildman–Crippen MR) is 87.1 cm³/mol. The number of rotatable bonds is 3. The van der Waals surface area contributed by atoms with Gasteiger partial charge in [0.1, 0.15) is 13.2 Å². The van der Waals surface area contributed by atoms with E-state index in [0.29, 0.717) is 19.8 Å². The molecule has 24 heavy (non-hydrogen) atoms. The Morgan fingerprint density at radius 2 is 2.08 bits per heavy atom. The van der Waals surface area contributed by atoms with E-state index in [-0.39, 0.29) is 12.1 Å². The molecule has 0 bridgehead atoms. The second-order valence-corrected chi connectivity index (χ2v) is 6.04. The fourth-order valence-corrected chi connectivity index (χ4v) is 3.30. The molecule has 1 aromatic carbocycles. The molecule has 1 aromatic heterocycles. The zero-order valence-electron chi connectivity index (χ0n) is 13.4. The van der Waals surface area contributed by atoms with Gasteiger partial charge in [0.15, 0.2) is 11.5 Å². The van der Waals surface area contributed by atoms with Crippen molar-refractivity contribution in [3.05, 3.63) is 47.9 Å². The Balaban J connectivity index is 1.47. The number of benzene rings is 1. The molecule has 3 heterocycles. The van der Waals surface area contributed by atoms with Gasteiger partial charge in [-0.15, -0.1) is 0 Å². The zero-order chi connectivity index (χ0) is 16.4. The number of carbonyl (C=O) groups excluding carboxylic acids is 1. The standard InChI is InChI=1S/C18H20N2O4/c21-18(19-11-13-5-7-22-12-13)20-6-1-2-15(20)14-3-4-16-17(10-14)24-9-8-23-16/h3-5,7,10,12,15H,1-2,6,8-9,11H2,(H,19,21)/t15-/m0/s1. The van der Waals surface area contributed by atoms with E-state index < -0.39 is 0 Å². The number of hydrogen-bond acceptors (Lipinski definition) is 4. The molecule has 6 heteroatoms. The third-order valence-corrected chi connectivity index (χ3v) is 4.49. The monoisotopic (exact) mass is 328 g/mol. The Labute approximate surface area is 140 Å². The highest BCUT2D eigenvalue weighted by atomic mass is 16.6. The van der Waals surface area contributed by atoms with Crippen LogP contribution in [0.1, 0.15) is 30.0 Å². The lowest BCUT2D eigenvalue weighted by molar-refractivity contribution is 0.170. The van der Waals surface area contributed by atoms with Gasteiger partial charge in [0.2, 0.25) is 0 Å². The summed E-state index contributed by atoms with van der Waals surface area (Å²) in [6.45, 7) is 2.38. The normalized spacial score (nSPS) is 19.3. The number of likely N-dealkylation sites (tertiary alicyclic amines) is 1. The van der Waals surface area contributed by atoms with Crippen LogP contribution in [0.4, 0.5) is 4.79 Å². The van der Waals surface area contributed by atoms with Crippen LogP contribution < -0.4 is 14.8 Å². The van der Waals surface area contributed by atoms with Gasteiger partial charge in [-0.25, -0.2) is 4.79 Å². The smallest absolute Gasteiger partial charge is 0.318 e. The first-order valence-corrected chi connectivity index (χ1v) is 8.26. The average Bonchev–Trinajstić information content (AvgIpc) is 3.31. The molecule has 126 valence electrons. The maximum absolute atomic E-state index is 12.5. The third kappa shape index (κ3) is 2.91. The van der Waals surface area contributed by atoms with Crippen molar-refractivity contribution in [3.63, 3.8) is 0 Å². The molecular formula is C18H20N2O4. The minimum Gasteiger partial charge on any atom is -0.486 e. The topological polar surface area (TPSA) is 63.9 Å². The number of urea groups is 1. The van der Waals surface area contributed by atoms with Crippen molar-refractivity contribution in [2.75, 3.05) is 19.8 Å². The zero-order valence-corrected chi connectivity index (χ0v) is 13.4. The van der Waals surface area contributed by atoms with E-state index >= 15 is 0 Å². The Morgan fingerprint density at radius 1 is 1.21 bits per heavy atom. The first-order chi connectivity index (χ1) is 11.8. The minimum absolute atomic E-state index is 0.0476. The van der Waals surface area contributed by atoms with Crippen LogP contribution in [-0.4, -0.2) is 30.7 Å². The van der Waals surface area contributed by atoms with E-state index in [2.05, 4.69) is 5.32 Å². The van der Waals surface area contributed by atoms with Crippen LogP contribution in [0.25, 0.3) is 0 Å². The number of hydrogen-bond donors (Lipinski definition) is 1. The second-order valence-electron chi connectivity index (χ2n) is 6.04. The molecule has 2 aliphatic rings. The molecule has 0 aliphatic carbocycles. The molecule has 0 unspecified atom stereocenters.